The van der Waals surface area contributed by atoms with Crippen molar-refractivity contribution in [2.75, 3.05) is 7.11 Å². The largest absolute Gasteiger partial charge is 0.519 e. The quantitative estimate of drug-likeness (QED) is 0.0370. The standard InChI is InChI=1S/C40H54O6Si3.C33H32O6/c1-40(2,34-16-10-9-11-17-34)35-22-28-38(29-23-35)44-39(42)43-37-26-20-33(21-27-37)15-13-31-48(5,6)46-49(7,8)45-47(3,4)30-12-14-32-18-24-36(41)25-19-32;1-32(2,23-9-7-6-8-10-23)24-13-19-28(20-14-24)38-31(35)39-29-21-15-26(16-22-29)33(3,4)25-11-17-27(18-12-25)37-30(34)36-5/h9-11,16-29,41H,12-15,30-31H2,1-8H3;6-22H,1-5H3. The average molecular weight is 1240 g/mol. The molecule has 0 aromatic heterocycles. The minimum atomic E-state index is -2.29. The van der Waals surface area contributed by atoms with Gasteiger partial charge in [0, 0.05) is 16.2 Å². The van der Waals surface area contributed by atoms with Crippen LogP contribution in [0, 0.1) is 0 Å². The molecule has 15 heteroatoms. The molecule has 0 fully saturated rings. The summed E-state index contributed by atoms with van der Waals surface area (Å²) >= 11 is 0. The summed E-state index contributed by atoms with van der Waals surface area (Å²) < 4.78 is 44.9. The van der Waals surface area contributed by atoms with Gasteiger partial charge in [-0.1, -0.05) is 175 Å². The van der Waals surface area contributed by atoms with Crippen LogP contribution in [-0.2, 0) is 42.1 Å². The molecule has 1 N–H and O–H groups in total. The van der Waals surface area contributed by atoms with Gasteiger partial charge in [-0.2, -0.15) is 0 Å². The van der Waals surface area contributed by atoms with Crippen LogP contribution in [0.3, 0.4) is 0 Å². The highest BCUT2D eigenvalue weighted by molar-refractivity contribution is 6.87. The average Bonchev–Trinajstić information content (AvgIpc) is 3.69. The predicted molar refractivity (Wildman–Crippen MR) is 357 cm³/mol. The maximum Gasteiger partial charge on any atom is 0.519 e. The van der Waals surface area contributed by atoms with Crippen LogP contribution in [0.25, 0.3) is 0 Å². The summed E-state index contributed by atoms with van der Waals surface area (Å²) in [6.45, 7) is 26.4. The van der Waals surface area contributed by atoms with Gasteiger partial charge < -0.3 is 41.8 Å². The van der Waals surface area contributed by atoms with E-state index in [1.807, 2.05) is 121 Å². The first-order valence-corrected chi connectivity index (χ1v) is 39.0. The molecule has 8 aromatic carbocycles. The molecule has 0 heterocycles. The van der Waals surface area contributed by atoms with E-state index in [2.05, 4.69) is 110 Å². The van der Waals surface area contributed by atoms with Gasteiger partial charge in [0.05, 0.1) is 7.11 Å². The predicted octanol–water partition coefficient (Wildman–Crippen LogP) is 19.1. The molecule has 8 aromatic rings. The second-order valence-electron chi connectivity index (χ2n) is 25.3. The lowest BCUT2D eigenvalue weighted by Gasteiger charge is -2.39. The van der Waals surface area contributed by atoms with Crippen molar-refractivity contribution in [1.29, 1.82) is 0 Å². The van der Waals surface area contributed by atoms with E-state index in [1.54, 1.807) is 60.7 Å². The molecule has 0 atom stereocenters. The molecule has 0 saturated carbocycles. The van der Waals surface area contributed by atoms with Crippen LogP contribution < -0.4 is 23.7 Å². The number of aromatic hydroxyl groups is 1. The van der Waals surface area contributed by atoms with Crippen LogP contribution in [0.5, 0.6) is 34.5 Å². The number of phenols is 1. The second kappa shape index (κ2) is 29.8. The summed E-state index contributed by atoms with van der Waals surface area (Å²) in [5, 5.41) is 9.52. The lowest BCUT2D eigenvalue weighted by molar-refractivity contribution is 0.121. The van der Waals surface area contributed by atoms with Crippen molar-refractivity contribution in [2.24, 2.45) is 0 Å². The summed E-state index contributed by atoms with van der Waals surface area (Å²) in [6, 6.07) is 67.4. The Morgan fingerprint density at radius 1 is 0.352 bits per heavy atom. The van der Waals surface area contributed by atoms with Crippen LogP contribution in [0.15, 0.2) is 206 Å². The van der Waals surface area contributed by atoms with Crippen LogP contribution in [0.2, 0.25) is 51.4 Å². The van der Waals surface area contributed by atoms with Crippen LogP contribution in [0.1, 0.15) is 98.9 Å². The first kappa shape index (κ1) is 67.4. The Labute approximate surface area is 524 Å². The molecule has 0 aliphatic heterocycles. The fourth-order valence-electron chi connectivity index (χ4n) is 10.8. The summed E-state index contributed by atoms with van der Waals surface area (Å²) in [4.78, 5) is 36.2. The number of ether oxygens (including phenoxy) is 6. The molecule has 88 heavy (non-hydrogen) atoms. The van der Waals surface area contributed by atoms with E-state index in [4.69, 9.17) is 31.9 Å². The summed E-state index contributed by atoms with van der Waals surface area (Å²) in [5.74, 6) is 2.39. The normalized spacial score (nSPS) is 12.0. The van der Waals surface area contributed by atoms with Crippen molar-refractivity contribution in [3.05, 3.63) is 251 Å². The van der Waals surface area contributed by atoms with E-state index in [0.29, 0.717) is 34.5 Å². The Hall–Kier alpha value is -8.06. The number of phenolic OH excluding ortho intramolecular Hbond substituents is 1. The lowest BCUT2D eigenvalue weighted by atomic mass is 9.78. The van der Waals surface area contributed by atoms with Crippen molar-refractivity contribution in [3.63, 3.8) is 0 Å². The summed E-state index contributed by atoms with van der Waals surface area (Å²) in [6.07, 6.45) is 1.68. The highest BCUT2D eigenvalue weighted by atomic mass is 28.5. The van der Waals surface area contributed by atoms with E-state index >= 15 is 0 Å². The zero-order valence-corrected chi connectivity index (χ0v) is 56.3. The first-order chi connectivity index (χ1) is 41.6. The third-order valence-corrected chi connectivity index (χ3v) is 27.3. The van der Waals surface area contributed by atoms with E-state index in [-0.39, 0.29) is 16.2 Å². The second-order valence-corrected chi connectivity index (χ2v) is 37.8. The number of carbonyl (C=O) groups excluding carboxylic acids is 3. The molecule has 8 rings (SSSR count). The number of hydrogen-bond acceptors (Lipinski definition) is 12. The van der Waals surface area contributed by atoms with Crippen LogP contribution >= 0.6 is 0 Å². The molecular weight excluding hydrogens is 1150 g/mol. The van der Waals surface area contributed by atoms with Gasteiger partial charge in [-0.05, 0) is 194 Å². The number of rotatable bonds is 23. The molecule has 0 bridgehead atoms. The summed E-state index contributed by atoms with van der Waals surface area (Å²) in [7, 11) is -4.84. The van der Waals surface area contributed by atoms with E-state index in [1.165, 1.54) is 29.4 Å². The Bertz CT molecular complexity index is 3500. The summed E-state index contributed by atoms with van der Waals surface area (Å²) in [5.41, 5.74) is 8.43. The molecule has 0 saturated heterocycles. The fourth-order valence-corrected chi connectivity index (χ4v) is 24.9. The van der Waals surface area contributed by atoms with E-state index < -0.39 is 43.7 Å². The van der Waals surface area contributed by atoms with Gasteiger partial charge in [-0.15, -0.1) is 0 Å². The first-order valence-electron chi connectivity index (χ1n) is 30.0. The smallest absolute Gasteiger partial charge is 0.508 e. The molecule has 0 spiro atoms. The maximum atomic E-state index is 12.5. The molecule has 0 unspecified atom stereocenters. The van der Waals surface area contributed by atoms with Gasteiger partial charge >= 0.3 is 27.0 Å². The highest BCUT2D eigenvalue weighted by Crippen LogP contribution is 2.36. The molecule has 462 valence electrons. The van der Waals surface area contributed by atoms with Crippen molar-refractivity contribution in [2.45, 2.75) is 135 Å². The molecule has 0 aliphatic rings. The topological polar surface area (TPSA) is 145 Å². The van der Waals surface area contributed by atoms with Crippen molar-refractivity contribution < 1.29 is 56.1 Å². The van der Waals surface area contributed by atoms with Gasteiger partial charge in [0.2, 0.25) is 0 Å². The minimum absolute atomic E-state index is 0.171. The zero-order chi connectivity index (χ0) is 63.8. The maximum absolute atomic E-state index is 12.5. The van der Waals surface area contributed by atoms with Gasteiger partial charge in [-0.25, -0.2) is 14.4 Å². The molecular formula is C73H86O12Si3. The Balaban J connectivity index is 0.000000257. The zero-order valence-electron chi connectivity index (χ0n) is 53.3. The molecule has 12 nitrogen and oxygen atoms in total. The Morgan fingerprint density at radius 2 is 0.602 bits per heavy atom. The number of hydrogen-bond donors (Lipinski definition) is 1. The monoisotopic (exact) mass is 1240 g/mol. The number of carbonyl (C=O) groups is 3. The van der Waals surface area contributed by atoms with Crippen molar-refractivity contribution >= 4 is 43.7 Å². The Morgan fingerprint density at radius 3 is 0.886 bits per heavy atom. The van der Waals surface area contributed by atoms with Gasteiger partial charge in [0.15, 0.2) is 16.6 Å². The number of benzene rings is 8. The highest BCUT2D eigenvalue weighted by Gasteiger charge is 2.39. The van der Waals surface area contributed by atoms with Crippen molar-refractivity contribution in [1.82, 2.24) is 0 Å². The van der Waals surface area contributed by atoms with E-state index in [0.717, 1.165) is 60.0 Å². The fraction of sp³-hybridized carbons (Fsp3) is 0.301. The molecule has 0 radical (unpaired) electrons. The minimum Gasteiger partial charge on any atom is -0.508 e. The van der Waals surface area contributed by atoms with Crippen LogP contribution in [0.4, 0.5) is 14.4 Å². The molecule has 0 amide bonds. The SMILES string of the molecule is CC(C)(c1ccccc1)c1ccc(OC(=O)Oc2ccc(CCC[Si](C)(C)O[Si](C)(C)O[Si](C)(C)CCCc3ccc(O)cc3)cc2)cc1.COC(=O)Oc1ccc(C(C)(C)c2ccc(OC(=O)Oc3ccc(C(C)(C)c4ccccc4)cc3)cc2)cc1. The third-order valence-electron chi connectivity index (χ3n) is 15.9. The van der Waals surface area contributed by atoms with Gasteiger partial charge in [-0.3, -0.25) is 0 Å². The molecule has 0 aliphatic carbocycles. The van der Waals surface area contributed by atoms with Crippen molar-refractivity contribution in [3.8, 4) is 34.5 Å². The van der Waals surface area contributed by atoms with Gasteiger partial charge in [0.25, 0.3) is 0 Å². The Kier molecular flexibility index (Phi) is 22.8. The van der Waals surface area contributed by atoms with Gasteiger partial charge in [0.1, 0.15) is 34.5 Å². The third kappa shape index (κ3) is 20.0. The lowest BCUT2D eigenvalue weighted by Crippen LogP contribution is -2.52. The van der Waals surface area contributed by atoms with Crippen LogP contribution in [-0.4, -0.2) is 55.9 Å². The van der Waals surface area contributed by atoms with E-state index in [9.17, 15) is 19.5 Å². The number of aryl methyl sites for hydroxylation is 2. The number of methoxy groups -OCH3 is 1.